The molecule has 230 valence electrons. The SMILES string of the molecule is [Mo].[O]=[Mo](=[O])([OH])[OH].[O]=[Mo](=[O])([OH])[OH].[O]=[Mo](=[O])([OH])[OH].[O]=[Mo](=[O])([OH])[OH].[O]=[Mo](=[O])([OH])[OH].[O]=[Mo](=[O])([OH])[OH].[O]=[Mo](=[O])([OH])[OH]. The molecule has 0 aromatic heterocycles. The molecule has 0 atom stereocenters. The van der Waals surface area contributed by atoms with Gasteiger partial charge in [-0.2, -0.15) is 0 Å². The Morgan fingerprint density at radius 3 is 0.194 bits per heavy atom. The fourth-order valence-corrected chi connectivity index (χ4v) is 0. The molecule has 0 amide bonds. The summed E-state index contributed by atoms with van der Waals surface area (Å²) in [7, 11) is 0. The van der Waals surface area contributed by atoms with Crippen LogP contribution in [0.15, 0.2) is 0 Å². The van der Waals surface area contributed by atoms with Crippen LogP contribution in [0.1, 0.15) is 0 Å². The molecule has 0 bridgehead atoms. The molecule has 36 heavy (non-hydrogen) atoms. The van der Waals surface area contributed by atoms with E-state index in [9.17, 15) is 0 Å². The number of rotatable bonds is 0. The summed E-state index contributed by atoms with van der Waals surface area (Å²) in [6.45, 7) is 0. The average molecular weight is 1230 g/mol. The van der Waals surface area contributed by atoms with Gasteiger partial charge in [0.2, 0.25) is 0 Å². The van der Waals surface area contributed by atoms with Gasteiger partial charge in [0.15, 0.2) is 0 Å². The van der Waals surface area contributed by atoms with Crippen molar-refractivity contribution in [3.05, 3.63) is 0 Å². The molecule has 14 N–H and O–H groups in total. The fourth-order valence-electron chi connectivity index (χ4n) is 0. The first-order valence-corrected chi connectivity index (χ1v) is 28.9. The summed E-state index contributed by atoms with van der Waals surface area (Å²) in [5.41, 5.74) is 0. The van der Waals surface area contributed by atoms with Crippen LogP contribution in [-0.2, 0) is 186 Å². The molecule has 0 spiro atoms. The van der Waals surface area contributed by atoms with E-state index in [0.717, 1.165) is 0 Å². The van der Waals surface area contributed by atoms with Gasteiger partial charge in [-0.25, -0.2) is 0 Å². The predicted octanol–water partition coefficient (Wildman–Crippen LogP) is -9.48. The van der Waals surface area contributed by atoms with Crippen LogP contribution in [0.3, 0.4) is 0 Å². The van der Waals surface area contributed by atoms with Crippen LogP contribution in [0.4, 0.5) is 0 Å². The van der Waals surface area contributed by atoms with E-state index in [1.54, 1.807) is 0 Å². The molecule has 0 aromatic carbocycles. The van der Waals surface area contributed by atoms with Crippen molar-refractivity contribution in [1.29, 1.82) is 0 Å². The van der Waals surface area contributed by atoms with E-state index >= 15 is 0 Å². The van der Waals surface area contributed by atoms with Gasteiger partial charge in [0.05, 0.1) is 0 Å². The molecule has 36 heteroatoms. The summed E-state index contributed by atoms with van der Waals surface area (Å²) in [5.74, 6) is 0. The van der Waals surface area contributed by atoms with Crippen LogP contribution in [0, 0.1) is 0 Å². The molecule has 28 nitrogen and oxygen atoms in total. The predicted molar refractivity (Wildman–Crippen MR) is 40.7 cm³/mol. The summed E-state index contributed by atoms with van der Waals surface area (Å²) in [6.07, 6.45) is 0. The van der Waals surface area contributed by atoms with Gasteiger partial charge >= 0.3 is 217 Å². The molecule has 0 saturated carbocycles. The monoisotopic (exact) mass is 1250 g/mol. The molecule has 0 unspecified atom stereocenters. The molecule has 0 aromatic rings. The van der Waals surface area contributed by atoms with Crippen molar-refractivity contribution >= 4 is 0 Å². The molecule has 0 radical (unpaired) electrons. The summed E-state index contributed by atoms with van der Waals surface area (Å²) < 4.78 is 224. The van der Waals surface area contributed by atoms with Gasteiger partial charge in [-0.1, -0.05) is 0 Å². The van der Waals surface area contributed by atoms with Crippen LogP contribution in [-0.4, -0.2) is 52.6 Å². The summed E-state index contributed by atoms with van der Waals surface area (Å²) >= 11 is -38.6. The van der Waals surface area contributed by atoms with Crippen LogP contribution in [0.5, 0.6) is 0 Å². The quantitative estimate of drug-likeness (QED) is 0.100. The van der Waals surface area contributed by atoms with E-state index in [2.05, 4.69) is 0 Å². The van der Waals surface area contributed by atoms with Gasteiger partial charge in [0.25, 0.3) is 0 Å². The molecule has 0 heterocycles. The van der Waals surface area contributed by atoms with Crippen molar-refractivity contribution in [2.75, 3.05) is 0 Å². The van der Waals surface area contributed by atoms with E-state index in [1.165, 1.54) is 0 Å². The number of hydrogen-bond acceptors (Lipinski definition) is 14. The van der Waals surface area contributed by atoms with Crippen molar-refractivity contribution in [3.63, 3.8) is 0 Å². The molecular formula is H14Mo8O28. The Morgan fingerprint density at radius 2 is 0.194 bits per heavy atom. The normalized spacial score (nSPS) is 11.3. The molecule has 0 fully saturated rings. The van der Waals surface area contributed by atoms with Crippen molar-refractivity contribution in [2.45, 2.75) is 0 Å². The van der Waals surface area contributed by atoms with E-state index in [-0.39, 0.29) is 21.1 Å². The van der Waals surface area contributed by atoms with Gasteiger partial charge in [-0.05, 0) is 0 Å². The Kier molecular flexibility index (Phi) is 40.1. The van der Waals surface area contributed by atoms with Crippen LogP contribution in [0.2, 0.25) is 0 Å². The first kappa shape index (κ1) is 57.9. The van der Waals surface area contributed by atoms with Crippen molar-refractivity contribution in [1.82, 2.24) is 0 Å². The van der Waals surface area contributed by atoms with Crippen LogP contribution >= 0.6 is 0 Å². The van der Waals surface area contributed by atoms with Crippen molar-refractivity contribution in [3.8, 4) is 0 Å². The molecule has 0 aliphatic carbocycles. The zero-order valence-corrected chi connectivity index (χ0v) is 31.3. The van der Waals surface area contributed by atoms with Crippen molar-refractivity contribution in [2.24, 2.45) is 0 Å². The Morgan fingerprint density at radius 1 is 0.194 bits per heavy atom. The summed E-state index contributed by atoms with van der Waals surface area (Å²) in [6, 6.07) is 0. The first-order valence-electron chi connectivity index (χ1n) is 4.89. The second kappa shape index (κ2) is 24.9. The van der Waals surface area contributed by atoms with Crippen LogP contribution in [0.25, 0.3) is 0 Å². The van der Waals surface area contributed by atoms with Gasteiger partial charge in [0.1, 0.15) is 0 Å². The van der Waals surface area contributed by atoms with E-state index in [1.807, 2.05) is 0 Å². The van der Waals surface area contributed by atoms with Gasteiger partial charge < -0.3 is 0 Å². The maximum atomic E-state index is 8.85. The molecule has 0 aliphatic heterocycles. The molecule has 0 aliphatic rings. The average Bonchev–Trinajstić information content (AvgIpc) is 2.06. The van der Waals surface area contributed by atoms with Gasteiger partial charge in [0, 0.05) is 21.1 Å². The third kappa shape index (κ3) is 9690. The third-order valence-corrected chi connectivity index (χ3v) is 0. The maximum absolute atomic E-state index is 8.85. The summed E-state index contributed by atoms with van der Waals surface area (Å²) in [5, 5.41) is 0. The fraction of sp³-hybridized carbons (Fsp3) is 0. The minimum absolute atomic E-state index is 0. The Labute approximate surface area is 235 Å². The van der Waals surface area contributed by atoms with Gasteiger partial charge in [-0.3, -0.25) is 0 Å². The van der Waals surface area contributed by atoms with Crippen molar-refractivity contribution < 1.29 is 238 Å². The molecule has 0 saturated heterocycles. The number of hydrogen-bond donors (Lipinski definition) is 14. The zero-order valence-electron chi connectivity index (χ0n) is 15.2. The van der Waals surface area contributed by atoms with E-state index in [0.29, 0.717) is 0 Å². The minimum atomic E-state index is -5.52. The zero-order chi connectivity index (χ0) is 31.5. The molecular weight excluding hydrogens is 1220 g/mol. The third-order valence-electron chi connectivity index (χ3n) is 0. The Bertz CT molecular complexity index is 905. The Balaban J connectivity index is -0.0000000422. The molecule has 0 rings (SSSR count). The topological polar surface area (TPSA) is 522 Å². The second-order valence-electron chi connectivity index (χ2n) is 3.13. The standard InChI is InChI=1S/8Mo.14H2O.14O/h;;;;;;;;14*1H2;;;;;;;;;;;;;;/q;7*+2;;;;;;;;;;;;;;;;;;;;;;;;;;;;/p-14. The van der Waals surface area contributed by atoms with Gasteiger partial charge in [-0.15, -0.1) is 0 Å². The first-order chi connectivity index (χ1) is 14.0. The second-order valence-corrected chi connectivity index (χ2v) is 18.5. The summed E-state index contributed by atoms with van der Waals surface area (Å²) in [4.78, 5) is 0. The van der Waals surface area contributed by atoms with E-state index in [4.69, 9.17) is 100 Å². The van der Waals surface area contributed by atoms with Crippen LogP contribution < -0.4 is 0 Å². The van der Waals surface area contributed by atoms with E-state index < -0.39 is 117 Å². The Hall–Kier alpha value is 2.15.